The lowest BCUT2D eigenvalue weighted by Crippen LogP contribution is -2.34. The molecule has 0 aromatic rings. The third-order valence-corrected chi connectivity index (χ3v) is 1.95. The van der Waals surface area contributed by atoms with Crippen LogP contribution in [-0.2, 0) is 4.79 Å². The van der Waals surface area contributed by atoms with Gasteiger partial charge in [0.05, 0.1) is 12.0 Å². The molecule has 3 N–H and O–H groups in total. The van der Waals surface area contributed by atoms with Gasteiger partial charge < -0.3 is 10.8 Å². The fourth-order valence-corrected chi connectivity index (χ4v) is 1.23. The van der Waals surface area contributed by atoms with E-state index >= 15 is 0 Å². The molecule has 2 atom stereocenters. The molecule has 0 saturated heterocycles. The van der Waals surface area contributed by atoms with Crippen molar-refractivity contribution in [2.75, 3.05) is 0 Å². The van der Waals surface area contributed by atoms with E-state index < -0.39 is 30.3 Å². The summed E-state index contributed by atoms with van der Waals surface area (Å²) in [5, 5.41) is 8.37. The van der Waals surface area contributed by atoms with Crippen LogP contribution in [0.2, 0.25) is 0 Å². The molecule has 0 heterocycles. The molecule has 6 heteroatoms. The van der Waals surface area contributed by atoms with Crippen molar-refractivity contribution in [1.29, 1.82) is 0 Å². The molecule has 72 valence electrons. The molecule has 1 rings (SSSR count). The monoisotopic (exact) mass is 201 g/mol. The van der Waals surface area contributed by atoms with Crippen molar-refractivity contribution in [3.8, 4) is 0 Å². The normalized spacial score (nSPS) is 32.6. The highest BCUT2D eigenvalue weighted by molar-refractivity contribution is 5.85. The van der Waals surface area contributed by atoms with Gasteiger partial charge in [0, 0.05) is 6.42 Å². The molecular weight excluding hydrogens is 192 g/mol. The van der Waals surface area contributed by atoms with Crippen LogP contribution >= 0.6 is 12.4 Å². The van der Waals surface area contributed by atoms with Crippen LogP contribution < -0.4 is 5.73 Å². The lowest BCUT2D eigenvalue weighted by atomic mass is 10.1. The number of hydrogen-bond acceptors (Lipinski definition) is 2. The molecule has 0 aromatic heterocycles. The van der Waals surface area contributed by atoms with Crippen LogP contribution in [0.25, 0.3) is 0 Å². The predicted octanol–water partition coefficient (Wildman–Crippen LogP) is 0.865. The summed E-state index contributed by atoms with van der Waals surface area (Å²) in [5.74, 6) is -5.15. The van der Waals surface area contributed by atoms with Gasteiger partial charge in [0.2, 0.25) is 0 Å². The first-order valence-electron chi connectivity index (χ1n) is 3.29. The molecule has 0 bridgehead atoms. The van der Waals surface area contributed by atoms with Crippen LogP contribution in [0.3, 0.4) is 0 Å². The van der Waals surface area contributed by atoms with Gasteiger partial charge in [-0.15, -0.1) is 12.4 Å². The van der Waals surface area contributed by atoms with Crippen molar-refractivity contribution >= 4 is 18.4 Å². The first-order chi connectivity index (χ1) is 4.93. The Kier molecular flexibility index (Phi) is 3.41. The Balaban J connectivity index is 0.00000121. The van der Waals surface area contributed by atoms with Crippen molar-refractivity contribution in [1.82, 2.24) is 0 Å². The van der Waals surface area contributed by atoms with E-state index in [0.717, 1.165) is 0 Å². The van der Waals surface area contributed by atoms with Gasteiger partial charge >= 0.3 is 5.97 Å². The number of alkyl halides is 2. The van der Waals surface area contributed by atoms with Crippen LogP contribution in [-0.4, -0.2) is 23.0 Å². The summed E-state index contributed by atoms with van der Waals surface area (Å²) in [5.41, 5.74) is 5.03. The van der Waals surface area contributed by atoms with E-state index in [2.05, 4.69) is 0 Å². The number of carbonyl (C=O) groups is 1. The zero-order chi connectivity index (χ0) is 8.65. The van der Waals surface area contributed by atoms with Gasteiger partial charge in [0.15, 0.2) is 0 Å². The SMILES string of the molecule is Cl.NC1CC(C(=O)O)CC1(F)F. The number of aliphatic carboxylic acids is 1. The predicted molar refractivity (Wildman–Crippen MR) is 40.5 cm³/mol. The number of carboxylic acids is 1. The molecule has 0 radical (unpaired) electrons. The van der Waals surface area contributed by atoms with E-state index in [4.69, 9.17) is 10.8 Å². The molecule has 0 amide bonds. The average molecular weight is 202 g/mol. The number of hydrogen-bond donors (Lipinski definition) is 2. The average Bonchev–Trinajstić information content (AvgIpc) is 2.08. The Morgan fingerprint density at radius 1 is 1.58 bits per heavy atom. The lowest BCUT2D eigenvalue weighted by Gasteiger charge is -2.12. The maximum Gasteiger partial charge on any atom is 0.306 e. The lowest BCUT2D eigenvalue weighted by molar-refractivity contribution is -0.142. The summed E-state index contributed by atoms with van der Waals surface area (Å²) in [6.07, 6.45) is -0.744. The minimum atomic E-state index is -3.00. The molecule has 0 aromatic carbocycles. The molecule has 1 aliphatic carbocycles. The summed E-state index contributed by atoms with van der Waals surface area (Å²) >= 11 is 0. The minimum Gasteiger partial charge on any atom is -0.481 e. The zero-order valence-electron chi connectivity index (χ0n) is 6.17. The van der Waals surface area contributed by atoms with E-state index in [1.165, 1.54) is 0 Å². The first kappa shape index (κ1) is 11.6. The quantitative estimate of drug-likeness (QED) is 0.662. The van der Waals surface area contributed by atoms with Gasteiger partial charge in [-0.2, -0.15) is 0 Å². The number of carboxylic acid groups (broad SMARTS) is 1. The van der Waals surface area contributed by atoms with Gasteiger partial charge in [-0.3, -0.25) is 4.79 Å². The van der Waals surface area contributed by atoms with Crippen molar-refractivity contribution in [2.45, 2.75) is 24.8 Å². The molecule has 2 unspecified atom stereocenters. The van der Waals surface area contributed by atoms with Gasteiger partial charge in [-0.05, 0) is 6.42 Å². The smallest absolute Gasteiger partial charge is 0.306 e. The molecule has 3 nitrogen and oxygen atoms in total. The van der Waals surface area contributed by atoms with Crippen LogP contribution in [0.1, 0.15) is 12.8 Å². The van der Waals surface area contributed by atoms with Crippen LogP contribution in [0.4, 0.5) is 8.78 Å². The largest absolute Gasteiger partial charge is 0.481 e. The van der Waals surface area contributed by atoms with Gasteiger partial charge in [-0.1, -0.05) is 0 Å². The third-order valence-electron chi connectivity index (χ3n) is 1.95. The van der Waals surface area contributed by atoms with Gasteiger partial charge in [-0.25, -0.2) is 8.78 Å². The highest BCUT2D eigenvalue weighted by Gasteiger charge is 2.49. The summed E-state index contributed by atoms with van der Waals surface area (Å²) in [6, 6.07) is -1.29. The highest BCUT2D eigenvalue weighted by atomic mass is 35.5. The van der Waals surface area contributed by atoms with Crippen molar-refractivity contribution in [3.05, 3.63) is 0 Å². The second-order valence-electron chi connectivity index (χ2n) is 2.84. The first-order valence-corrected chi connectivity index (χ1v) is 3.29. The van der Waals surface area contributed by atoms with Crippen LogP contribution in [0.15, 0.2) is 0 Å². The second kappa shape index (κ2) is 3.53. The van der Waals surface area contributed by atoms with Crippen molar-refractivity contribution < 1.29 is 18.7 Å². The van der Waals surface area contributed by atoms with Gasteiger partial charge in [0.1, 0.15) is 0 Å². The fraction of sp³-hybridized carbons (Fsp3) is 0.833. The number of nitrogens with two attached hydrogens (primary N) is 1. The van der Waals surface area contributed by atoms with E-state index in [-0.39, 0.29) is 18.8 Å². The van der Waals surface area contributed by atoms with E-state index in [9.17, 15) is 13.6 Å². The third kappa shape index (κ3) is 2.04. The number of halogens is 3. The maximum absolute atomic E-state index is 12.6. The summed E-state index contributed by atoms with van der Waals surface area (Å²) in [4.78, 5) is 10.2. The molecule has 0 aliphatic heterocycles. The van der Waals surface area contributed by atoms with E-state index in [1.54, 1.807) is 0 Å². The molecule has 0 spiro atoms. The molecular formula is C6H10ClF2NO2. The highest BCUT2D eigenvalue weighted by Crippen LogP contribution is 2.37. The molecule has 1 fully saturated rings. The molecule has 1 aliphatic rings. The molecule has 12 heavy (non-hydrogen) atoms. The summed E-state index contributed by atoms with van der Waals surface area (Å²) in [6.45, 7) is 0. The van der Waals surface area contributed by atoms with Crippen molar-refractivity contribution in [3.63, 3.8) is 0 Å². The summed E-state index contributed by atoms with van der Waals surface area (Å²) in [7, 11) is 0. The summed E-state index contributed by atoms with van der Waals surface area (Å²) < 4.78 is 25.1. The Morgan fingerprint density at radius 3 is 2.25 bits per heavy atom. The Morgan fingerprint density at radius 2 is 2.08 bits per heavy atom. The fourth-order valence-electron chi connectivity index (χ4n) is 1.23. The maximum atomic E-state index is 12.6. The van der Waals surface area contributed by atoms with E-state index in [1.807, 2.05) is 0 Å². The standard InChI is InChI=1S/C6H9F2NO2.ClH/c7-6(8)2-3(5(10)11)1-4(6)9;/h3-4H,1-2,9H2,(H,10,11);1H. The van der Waals surface area contributed by atoms with Crippen LogP contribution in [0.5, 0.6) is 0 Å². The van der Waals surface area contributed by atoms with Gasteiger partial charge in [0.25, 0.3) is 5.92 Å². The number of rotatable bonds is 1. The zero-order valence-corrected chi connectivity index (χ0v) is 6.98. The Labute approximate surface area is 74.3 Å². The Bertz CT molecular complexity index is 188. The van der Waals surface area contributed by atoms with Crippen molar-refractivity contribution in [2.24, 2.45) is 11.7 Å². The minimum absolute atomic E-state index is 0. The second-order valence-corrected chi connectivity index (χ2v) is 2.84. The molecule has 1 saturated carbocycles. The van der Waals surface area contributed by atoms with Crippen LogP contribution in [0, 0.1) is 5.92 Å². The Hall–Kier alpha value is -0.420. The van der Waals surface area contributed by atoms with E-state index in [0.29, 0.717) is 0 Å². The topological polar surface area (TPSA) is 63.3 Å².